The molecule has 0 aliphatic carbocycles. The standard InChI is InChI=1S/C19H26N6O/c1-13-11-20-17(26-13)12-24-9-7-14(8-10-24)18-22-21-16-6-5-15(19(2,3)4)23-25(16)18/h5-6,11,14H,7-10,12H2,1-4H3. The summed E-state index contributed by atoms with van der Waals surface area (Å²) < 4.78 is 7.54. The zero-order chi connectivity index (χ0) is 18.3. The molecule has 0 amide bonds. The molecule has 1 aliphatic heterocycles. The minimum Gasteiger partial charge on any atom is -0.445 e. The Morgan fingerprint density at radius 3 is 2.58 bits per heavy atom. The van der Waals surface area contributed by atoms with E-state index in [0.717, 1.165) is 61.3 Å². The fraction of sp³-hybridized carbons (Fsp3) is 0.579. The van der Waals surface area contributed by atoms with E-state index >= 15 is 0 Å². The predicted octanol–water partition coefficient (Wildman–Crippen LogP) is 3.10. The number of aromatic nitrogens is 5. The molecule has 0 aromatic carbocycles. The molecule has 26 heavy (non-hydrogen) atoms. The molecule has 7 heteroatoms. The number of rotatable bonds is 3. The number of hydrogen-bond donors (Lipinski definition) is 0. The molecule has 0 bridgehead atoms. The van der Waals surface area contributed by atoms with Crippen LogP contribution in [0.1, 0.15) is 62.7 Å². The molecule has 138 valence electrons. The fourth-order valence-electron chi connectivity index (χ4n) is 3.48. The lowest BCUT2D eigenvalue weighted by atomic mass is 9.92. The first-order valence-corrected chi connectivity index (χ1v) is 9.26. The molecule has 4 rings (SSSR count). The van der Waals surface area contributed by atoms with E-state index in [2.05, 4.69) is 46.9 Å². The molecule has 0 unspecified atom stereocenters. The number of piperidine rings is 1. The summed E-state index contributed by atoms with van der Waals surface area (Å²) in [5, 5.41) is 13.6. The van der Waals surface area contributed by atoms with Crippen molar-refractivity contribution in [3.05, 3.63) is 41.5 Å². The molecule has 1 saturated heterocycles. The van der Waals surface area contributed by atoms with Crippen LogP contribution in [0.3, 0.4) is 0 Å². The molecular weight excluding hydrogens is 328 g/mol. The summed E-state index contributed by atoms with van der Waals surface area (Å²) in [6.07, 6.45) is 3.87. The normalized spacial score (nSPS) is 17.2. The van der Waals surface area contributed by atoms with Gasteiger partial charge in [-0.2, -0.15) is 9.61 Å². The Bertz CT molecular complexity index is 898. The van der Waals surface area contributed by atoms with Crippen LogP contribution in [0.5, 0.6) is 0 Å². The van der Waals surface area contributed by atoms with Crippen LogP contribution < -0.4 is 0 Å². The first kappa shape index (κ1) is 17.1. The summed E-state index contributed by atoms with van der Waals surface area (Å²) in [6.45, 7) is 11.2. The Morgan fingerprint density at radius 1 is 1.15 bits per heavy atom. The highest BCUT2D eigenvalue weighted by Gasteiger charge is 2.26. The molecule has 1 fully saturated rings. The van der Waals surface area contributed by atoms with Crippen molar-refractivity contribution in [2.75, 3.05) is 13.1 Å². The SMILES string of the molecule is Cc1cnc(CN2CCC(c3nnc4ccc(C(C)(C)C)nn34)CC2)o1. The van der Waals surface area contributed by atoms with Crippen LogP contribution in [-0.4, -0.2) is 42.8 Å². The van der Waals surface area contributed by atoms with E-state index in [1.165, 1.54) is 0 Å². The second-order valence-electron chi connectivity index (χ2n) is 8.21. The number of aryl methyl sites for hydroxylation is 1. The van der Waals surface area contributed by atoms with E-state index in [1.54, 1.807) is 6.20 Å². The fourth-order valence-corrected chi connectivity index (χ4v) is 3.48. The zero-order valence-electron chi connectivity index (χ0n) is 15.9. The van der Waals surface area contributed by atoms with Crippen LogP contribution in [-0.2, 0) is 12.0 Å². The lowest BCUT2D eigenvalue weighted by Crippen LogP contribution is -2.33. The van der Waals surface area contributed by atoms with Gasteiger partial charge in [0.25, 0.3) is 0 Å². The molecule has 0 spiro atoms. The van der Waals surface area contributed by atoms with Crippen molar-refractivity contribution in [3.63, 3.8) is 0 Å². The maximum atomic E-state index is 5.60. The van der Waals surface area contributed by atoms with Gasteiger partial charge in [-0.3, -0.25) is 4.90 Å². The lowest BCUT2D eigenvalue weighted by Gasteiger charge is -2.30. The highest BCUT2D eigenvalue weighted by Crippen LogP contribution is 2.28. The maximum absolute atomic E-state index is 5.60. The smallest absolute Gasteiger partial charge is 0.208 e. The second kappa shape index (κ2) is 6.46. The molecule has 1 aliphatic rings. The number of fused-ring (bicyclic) bond motifs is 1. The van der Waals surface area contributed by atoms with Crippen molar-refractivity contribution in [3.8, 4) is 0 Å². The maximum Gasteiger partial charge on any atom is 0.208 e. The van der Waals surface area contributed by atoms with E-state index in [9.17, 15) is 0 Å². The highest BCUT2D eigenvalue weighted by molar-refractivity contribution is 5.37. The van der Waals surface area contributed by atoms with Gasteiger partial charge in [-0.05, 0) is 45.0 Å². The number of hydrogen-bond acceptors (Lipinski definition) is 6. The van der Waals surface area contributed by atoms with Gasteiger partial charge in [0, 0.05) is 11.3 Å². The van der Waals surface area contributed by atoms with E-state index in [0.29, 0.717) is 5.92 Å². The van der Waals surface area contributed by atoms with Crippen LogP contribution in [0, 0.1) is 6.92 Å². The predicted molar refractivity (Wildman–Crippen MR) is 98.0 cm³/mol. The van der Waals surface area contributed by atoms with Gasteiger partial charge in [0.2, 0.25) is 5.89 Å². The molecule has 0 radical (unpaired) electrons. The minimum atomic E-state index is 0.00721. The Balaban J connectivity index is 1.49. The Morgan fingerprint density at radius 2 is 1.92 bits per heavy atom. The third kappa shape index (κ3) is 3.35. The van der Waals surface area contributed by atoms with Gasteiger partial charge in [0.05, 0.1) is 18.4 Å². The summed E-state index contributed by atoms with van der Waals surface area (Å²) in [5.41, 5.74) is 1.89. The van der Waals surface area contributed by atoms with Crippen molar-refractivity contribution in [2.24, 2.45) is 0 Å². The first-order valence-electron chi connectivity index (χ1n) is 9.26. The third-order valence-electron chi connectivity index (χ3n) is 5.04. The van der Waals surface area contributed by atoms with Crippen LogP contribution in [0.2, 0.25) is 0 Å². The molecule has 3 aromatic rings. The van der Waals surface area contributed by atoms with E-state index in [1.807, 2.05) is 17.5 Å². The summed E-state index contributed by atoms with van der Waals surface area (Å²) in [7, 11) is 0. The van der Waals surface area contributed by atoms with Gasteiger partial charge in [-0.15, -0.1) is 10.2 Å². The zero-order valence-corrected chi connectivity index (χ0v) is 15.9. The van der Waals surface area contributed by atoms with Crippen molar-refractivity contribution < 1.29 is 4.42 Å². The van der Waals surface area contributed by atoms with Gasteiger partial charge in [-0.1, -0.05) is 20.8 Å². The van der Waals surface area contributed by atoms with E-state index in [-0.39, 0.29) is 5.41 Å². The van der Waals surface area contributed by atoms with Crippen LogP contribution in [0.15, 0.2) is 22.7 Å². The van der Waals surface area contributed by atoms with Gasteiger partial charge in [0.1, 0.15) is 5.76 Å². The molecule has 0 saturated carbocycles. The Kier molecular flexibility index (Phi) is 4.26. The molecule has 4 heterocycles. The Labute approximate surface area is 153 Å². The van der Waals surface area contributed by atoms with Crippen molar-refractivity contribution in [1.82, 2.24) is 29.7 Å². The van der Waals surface area contributed by atoms with Crippen LogP contribution in [0.25, 0.3) is 5.65 Å². The minimum absolute atomic E-state index is 0.00721. The second-order valence-corrected chi connectivity index (χ2v) is 8.21. The number of likely N-dealkylation sites (tertiary alicyclic amines) is 1. The van der Waals surface area contributed by atoms with Crippen LogP contribution in [0.4, 0.5) is 0 Å². The number of nitrogens with zero attached hydrogens (tertiary/aromatic N) is 6. The molecule has 7 nitrogen and oxygen atoms in total. The van der Waals surface area contributed by atoms with Gasteiger partial charge < -0.3 is 4.42 Å². The average Bonchev–Trinajstić information content (AvgIpc) is 3.20. The first-order chi connectivity index (χ1) is 12.4. The van der Waals surface area contributed by atoms with E-state index < -0.39 is 0 Å². The molecule has 3 aromatic heterocycles. The number of oxazole rings is 1. The summed E-state index contributed by atoms with van der Waals surface area (Å²) >= 11 is 0. The van der Waals surface area contributed by atoms with Gasteiger partial charge in [-0.25, -0.2) is 4.98 Å². The van der Waals surface area contributed by atoms with Crippen molar-refractivity contribution in [1.29, 1.82) is 0 Å². The third-order valence-corrected chi connectivity index (χ3v) is 5.04. The van der Waals surface area contributed by atoms with Gasteiger partial charge in [0.15, 0.2) is 11.5 Å². The molecule has 0 atom stereocenters. The monoisotopic (exact) mass is 354 g/mol. The molecule has 0 N–H and O–H groups in total. The topological polar surface area (TPSA) is 72.4 Å². The quantitative estimate of drug-likeness (QED) is 0.720. The average molecular weight is 354 g/mol. The lowest BCUT2D eigenvalue weighted by molar-refractivity contribution is 0.183. The highest BCUT2D eigenvalue weighted by atomic mass is 16.4. The summed E-state index contributed by atoms with van der Waals surface area (Å²) in [5.74, 6) is 3.03. The van der Waals surface area contributed by atoms with E-state index in [4.69, 9.17) is 9.52 Å². The van der Waals surface area contributed by atoms with Gasteiger partial charge >= 0.3 is 0 Å². The summed E-state index contributed by atoms with van der Waals surface area (Å²) in [6, 6.07) is 4.07. The summed E-state index contributed by atoms with van der Waals surface area (Å²) in [4.78, 5) is 6.70. The molecular formula is C19H26N6O. The largest absolute Gasteiger partial charge is 0.445 e. The van der Waals surface area contributed by atoms with Crippen molar-refractivity contribution >= 4 is 5.65 Å². The Hall–Kier alpha value is -2.28. The van der Waals surface area contributed by atoms with Crippen molar-refractivity contribution in [2.45, 2.75) is 58.4 Å². The van der Waals surface area contributed by atoms with Crippen LogP contribution >= 0.6 is 0 Å².